The maximum atomic E-state index is 13.3. The Balaban J connectivity index is 1.97. The molecule has 0 aliphatic carbocycles. The molecule has 2 aromatic carbocycles. The fraction of sp³-hybridized carbons (Fsp3) is 0.208. The van der Waals surface area contributed by atoms with Crippen LogP contribution in [-0.4, -0.2) is 22.0 Å². The van der Waals surface area contributed by atoms with Crippen molar-refractivity contribution in [1.29, 1.82) is 0 Å². The Labute approximate surface area is 180 Å². The second-order valence-corrected chi connectivity index (χ2v) is 7.18. The molecule has 31 heavy (non-hydrogen) atoms. The van der Waals surface area contributed by atoms with E-state index in [-0.39, 0.29) is 11.7 Å². The van der Waals surface area contributed by atoms with E-state index in [0.29, 0.717) is 24.4 Å². The molecule has 6 nitrogen and oxygen atoms in total. The zero-order chi connectivity index (χ0) is 22.5. The molecule has 0 bridgehead atoms. The molecular formula is C24H25FN4O2. The highest BCUT2D eigenvalue weighted by Gasteiger charge is 2.16. The summed E-state index contributed by atoms with van der Waals surface area (Å²) in [5.41, 5.74) is 6.27. The van der Waals surface area contributed by atoms with Gasteiger partial charge < -0.3 is 9.63 Å². The highest BCUT2D eigenvalue weighted by molar-refractivity contribution is 5.96. The molecule has 0 saturated heterocycles. The van der Waals surface area contributed by atoms with Gasteiger partial charge in [0.1, 0.15) is 17.8 Å². The van der Waals surface area contributed by atoms with Crippen molar-refractivity contribution in [2.45, 2.75) is 33.7 Å². The SMILES string of the molecule is C=C(/N=C(\ON)c1cc(-c2ccc(F)cc2)n(CC)n1)c1cc(C)c(CC=O)c(C)c1. The third-order valence-electron chi connectivity index (χ3n) is 5.10. The van der Waals surface area contributed by atoms with Gasteiger partial charge in [-0.05, 0) is 79.9 Å². The van der Waals surface area contributed by atoms with E-state index in [1.54, 1.807) is 22.9 Å². The molecule has 0 unspecified atom stereocenters. The highest BCUT2D eigenvalue weighted by atomic mass is 19.1. The number of halogens is 1. The minimum Gasteiger partial charge on any atom is -0.389 e. The van der Waals surface area contributed by atoms with E-state index in [4.69, 9.17) is 10.7 Å². The average molecular weight is 420 g/mol. The predicted octanol–water partition coefficient (Wildman–Crippen LogP) is 4.38. The van der Waals surface area contributed by atoms with Crippen LogP contribution in [0.5, 0.6) is 0 Å². The van der Waals surface area contributed by atoms with E-state index >= 15 is 0 Å². The standard InChI is InChI=1S/C24H25FN4O2/c1-5-29-23(18-6-8-20(25)9-7-18)14-22(28-29)24(31-26)27-17(4)19-12-15(2)21(10-11-30)16(3)13-19/h6-9,11-14H,4-5,10,26H2,1-3H3/b27-24-. The van der Waals surface area contributed by atoms with Gasteiger partial charge in [0.05, 0.1) is 11.4 Å². The van der Waals surface area contributed by atoms with Crippen molar-refractivity contribution in [3.8, 4) is 11.3 Å². The largest absolute Gasteiger partial charge is 0.389 e. The van der Waals surface area contributed by atoms with Gasteiger partial charge in [0.15, 0.2) is 0 Å². The number of hydrogen-bond acceptors (Lipinski definition) is 5. The van der Waals surface area contributed by atoms with Gasteiger partial charge in [-0.25, -0.2) is 9.38 Å². The fourth-order valence-electron chi connectivity index (χ4n) is 3.51. The molecule has 0 aliphatic rings. The lowest BCUT2D eigenvalue weighted by atomic mass is 9.96. The third-order valence-corrected chi connectivity index (χ3v) is 5.10. The van der Waals surface area contributed by atoms with Gasteiger partial charge in [-0.3, -0.25) is 4.68 Å². The summed E-state index contributed by atoms with van der Waals surface area (Å²) in [4.78, 5) is 20.4. The number of rotatable bonds is 7. The number of aldehydes is 1. The lowest BCUT2D eigenvalue weighted by Crippen LogP contribution is -2.13. The first kappa shape index (κ1) is 22.1. The van der Waals surface area contributed by atoms with Crippen LogP contribution in [-0.2, 0) is 22.6 Å². The minimum absolute atomic E-state index is 0.118. The lowest BCUT2D eigenvalue weighted by Gasteiger charge is -2.11. The second-order valence-electron chi connectivity index (χ2n) is 7.18. The quantitative estimate of drug-likeness (QED) is 0.266. The second kappa shape index (κ2) is 9.49. The molecule has 0 spiro atoms. The van der Waals surface area contributed by atoms with Crippen LogP contribution in [0.25, 0.3) is 17.0 Å². The molecule has 3 aromatic rings. The van der Waals surface area contributed by atoms with Gasteiger partial charge in [0.25, 0.3) is 5.90 Å². The zero-order valence-corrected chi connectivity index (χ0v) is 17.9. The normalized spacial score (nSPS) is 11.5. The van der Waals surface area contributed by atoms with Crippen molar-refractivity contribution in [2.24, 2.45) is 10.9 Å². The molecule has 2 N–H and O–H groups in total. The zero-order valence-electron chi connectivity index (χ0n) is 17.9. The van der Waals surface area contributed by atoms with E-state index in [1.165, 1.54) is 12.1 Å². The summed E-state index contributed by atoms with van der Waals surface area (Å²) >= 11 is 0. The van der Waals surface area contributed by atoms with Crippen molar-refractivity contribution < 1.29 is 14.0 Å². The molecule has 1 heterocycles. The molecule has 0 aliphatic heterocycles. The van der Waals surface area contributed by atoms with Gasteiger partial charge >= 0.3 is 0 Å². The molecule has 1 aromatic heterocycles. The number of aliphatic imine (C=N–C) groups is 1. The molecule has 0 amide bonds. The van der Waals surface area contributed by atoms with Crippen LogP contribution in [0.1, 0.15) is 34.9 Å². The Morgan fingerprint density at radius 2 is 1.87 bits per heavy atom. The van der Waals surface area contributed by atoms with Gasteiger partial charge in [0.2, 0.25) is 0 Å². The van der Waals surface area contributed by atoms with Crippen LogP contribution in [0.15, 0.2) is 54.0 Å². The first-order chi connectivity index (χ1) is 14.9. The van der Waals surface area contributed by atoms with Crippen molar-refractivity contribution >= 4 is 17.9 Å². The number of aryl methyl sites for hydroxylation is 3. The van der Waals surface area contributed by atoms with Gasteiger partial charge in [-0.1, -0.05) is 6.58 Å². The van der Waals surface area contributed by atoms with E-state index in [1.807, 2.05) is 32.9 Å². The van der Waals surface area contributed by atoms with Gasteiger partial charge in [0, 0.05) is 24.1 Å². The molecule has 0 atom stereocenters. The summed E-state index contributed by atoms with van der Waals surface area (Å²) in [7, 11) is 0. The van der Waals surface area contributed by atoms with Crippen LogP contribution >= 0.6 is 0 Å². The lowest BCUT2D eigenvalue weighted by molar-refractivity contribution is -0.107. The van der Waals surface area contributed by atoms with Crippen molar-refractivity contribution in [2.75, 3.05) is 0 Å². The average Bonchev–Trinajstić information content (AvgIpc) is 3.19. The molecule has 160 valence electrons. The van der Waals surface area contributed by atoms with E-state index in [0.717, 1.165) is 39.8 Å². The summed E-state index contributed by atoms with van der Waals surface area (Å²) in [5, 5.41) is 4.53. The van der Waals surface area contributed by atoms with Crippen molar-refractivity contribution in [3.63, 3.8) is 0 Å². The molecular weight excluding hydrogens is 395 g/mol. The van der Waals surface area contributed by atoms with Crippen molar-refractivity contribution in [3.05, 3.63) is 82.8 Å². The number of aromatic nitrogens is 2. The van der Waals surface area contributed by atoms with E-state index in [9.17, 15) is 9.18 Å². The first-order valence-electron chi connectivity index (χ1n) is 9.90. The van der Waals surface area contributed by atoms with Crippen LogP contribution in [0.4, 0.5) is 4.39 Å². The predicted molar refractivity (Wildman–Crippen MR) is 120 cm³/mol. The Hall–Kier alpha value is -3.58. The van der Waals surface area contributed by atoms with Gasteiger partial charge in [-0.15, -0.1) is 0 Å². The van der Waals surface area contributed by atoms with Crippen LogP contribution in [0.3, 0.4) is 0 Å². The monoisotopic (exact) mass is 420 g/mol. The third kappa shape index (κ3) is 4.78. The molecule has 0 saturated carbocycles. The first-order valence-corrected chi connectivity index (χ1v) is 9.90. The Morgan fingerprint density at radius 1 is 1.23 bits per heavy atom. The number of hydrogen-bond donors (Lipinski definition) is 1. The summed E-state index contributed by atoms with van der Waals surface area (Å²) in [6.45, 7) is 10.5. The highest BCUT2D eigenvalue weighted by Crippen LogP contribution is 2.25. The number of nitrogens with two attached hydrogens (primary N) is 1. The molecule has 0 fully saturated rings. The minimum atomic E-state index is -0.305. The summed E-state index contributed by atoms with van der Waals surface area (Å²) in [5.74, 6) is 5.32. The Bertz CT molecular complexity index is 1120. The Kier molecular flexibility index (Phi) is 6.77. The summed E-state index contributed by atoms with van der Waals surface area (Å²) in [6, 6.07) is 11.8. The van der Waals surface area contributed by atoms with Crippen LogP contribution in [0, 0.1) is 19.7 Å². The number of nitrogens with zero attached hydrogens (tertiary/aromatic N) is 3. The van der Waals surface area contributed by atoms with E-state index in [2.05, 4.69) is 16.7 Å². The fourth-order valence-corrected chi connectivity index (χ4v) is 3.51. The van der Waals surface area contributed by atoms with Crippen molar-refractivity contribution in [1.82, 2.24) is 9.78 Å². The number of carbonyl (C=O) groups excluding carboxylic acids is 1. The van der Waals surface area contributed by atoms with Crippen LogP contribution < -0.4 is 5.90 Å². The molecule has 0 radical (unpaired) electrons. The van der Waals surface area contributed by atoms with Crippen LogP contribution in [0.2, 0.25) is 0 Å². The maximum Gasteiger partial charge on any atom is 0.265 e. The van der Waals surface area contributed by atoms with Gasteiger partial charge in [-0.2, -0.15) is 11.0 Å². The Morgan fingerprint density at radius 3 is 2.42 bits per heavy atom. The molecule has 7 heteroatoms. The summed E-state index contributed by atoms with van der Waals surface area (Å²) < 4.78 is 15.1. The number of benzene rings is 2. The maximum absolute atomic E-state index is 13.3. The molecule has 3 rings (SSSR count). The van der Waals surface area contributed by atoms with E-state index < -0.39 is 0 Å². The smallest absolute Gasteiger partial charge is 0.265 e. The number of carbonyl (C=O) groups is 1. The topological polar surface area (TPSA) is 82.5 Å². The summed E-state index contributed by atoms with van der Waals surface area (Å²) in [6.07, 6.45) is 1.26.